The molecule has 2 unspecified atom stereocenters. The van der Waals surface area contributed by atoms with Crippen molar-refractivity contribution in [3.63, 3.8) is 0 Å². The fraction of sp³-hybridized carbons (Fsp3) is 0.462. The van der Waals surface area contributed by atoms with Crippen molar-refractivity contribution in [2.24, 2.45) is 5.92 Å². The molecule has 1 saturated carbocycles. The smallest absolute Gasteiger partial charge is 0.125 e. The van der Waals surface area contributed by atoms with E-state index < -0.39 is 0 Å². The van der Waals surface area contributed by atoms with Crippen LogP contribution in [0, 0.1) is 23.1 Å². The molecule has 0 saturated heterocycles. The van der Waals surface area contributed by atoms with E-state index in [9.17, 15) is 4.39 Å². The zero-order chi connectivity index (χ0) is 12.3. The number of nitrogens with one attached hydrogen (secondary N) is 1. The number of benzene rings is 1. The predicted octanol–water partition coefficient (Wildman–Crippen LogP) is 3.26. The number of nitrogens with zero attached hydrogens (tertiary/aromatic N) is 1. The zero-order valence-corrected chi connectivity index (χ0v) is 10.2. The molecule has 0 amide bonds. The molecule has 0 spiro atoms. The van der Waals surface area contributed by atoms with Crippen LogP contribution in [-0.4, -0.2) is 6.04 Å². The summed E-state index contributed by atoms with van der Waals surface area (Å²) in [7, 11) is 0. The van der Waals surface area contributed by atoms with Gasteiger partial charge in [0.15, 0.2) is 0 Å². The lowest BCUT2D eigenvalue weighted by Gasteiger charge is -2.15. The molecule has 17 heavy (non-hydrogen) atoms. The van der Waals surface area contributed by atoms with Crippen molar-refractivity contribution in [3.8, 4) is 6.07 Å². The number of nitriles is 1. The molecule has 1 N–H and O–H groups in total. The topological polar surface area (TPSA) is 35.8 Å². The maximum Gasteiger partial charge on any atom is 0.125 e. The lowest BCUT2D eigenvalue weighted by atomic mass is 10.1. The van der Waals surface area contributed by atoms with Gasteiger partial charge in [0.1, 0.15) is 5.82 Å². The summed E-state index contributed by atoms with van der Waals surface area (Å²) in [5, 5.41) is 12.7. The van der Waals surface area contributed by atoms with Gasteiger partial charge in [-0.05, 0) is 36.6 Å². The van der Waals surface area contributed by atoms with Crippen LogP contribution >= 0.6 is 11.6 Å². The summed E-state index contributed by atoms with van der Waals surface area (Å²) < 4.78 is 13.1. The minimum Gasteiger partial charge on any atom is -0.309 e. The van der Waals surface area contributed by atoms with Gasteiger partial charge in [0.2, 0.25) is 0 Å². The minimum absolute atomic E-state index is 0.0824. The number of hydrogen-bond acceptors (Lipinski definition) is 2. The van der Waals surface area contributed by atoms with E-state index in [0.717, 1.165) is 24.8 Å². The molecule has 1 aromatic carbocycles. The van der Waals surface area contributed by atoms with Crippen LogP contribution in [0.1, 0.15) is 24.8 Å². The van der Waals surface area contributed by atoms with Gasteiger partial charge in [-0.2, -0.15) is 5.26 Å². The number of hydrogen-bond donors (Lipinski definition) is 1. The van der Waals surface area contributed by atoms with Crippen molar-refractivity contribution in [1.82, 2.24) is 5.32 Å². The predicted molar refractivity (Wildman–Crippen MR) is 65.0 cm³/mol. The van der Waals surface area contributed by atoms with Crippen LogP contribution in [0.2, 0.25) is 5.02 Å². The van der Waals surface area contributed by atoms with Crippen LogP contribution in [0.25, 0.3) is 0 Å². The second kappa shape index (κ2) is 5.48. The van der Waals surface area contributed by atoms with Crippen molar-refractivity contribution in [1.29, 1.82) is 5.26 Å². The summed E-state index contributed by atoms with van der Waals surface area (Å²) in [5.74, 6) is -0.239. The summed E-state index contributed by atoms with van der Waals surface area (Å²) in [6.45, 7) is 0.556. The van der Waals surface area contributed by atoms with E-state index in [-0.39, 0.29) is 17.8 Å². The second-order valence-corrected chi connectivity index (χ2v) is 4.87. The molecule has 2 rings (SSSR count). The lowest BCUT2D eigenvalue weighted by Crippen LogP contribution is -2.31. The molecular weight excluding hydrogens is 239 g/mol. The van der Waals surface area contributed by atoms with Crippen LogP contribution in [0.15, 0.2) is 18.2 Å². The molecule has 1 aliphatic rings. The van der Waals surface area contributed by atoms with E-state index in [4.69, 9.17) is 16.9 Å². The highest BCUT2D eigenvalue weighted by molar-refractivity contribution is 6.30. The summed E-state index contributed by atoms with van der Waals surface area (Å²) in [5.41, 5.74) is 0.818. The Morgan fingerprint density at radius 3 is 2.94 bits per heavy atom. The van der Waals surface area contributed by atoms with Crippen molar-refractivity contribution in [2.75, 3.05) is 0 Å². The SMILES string of the molecule is N#CC1CCCC1NCc1cc(F)cc(Cl)c1. The van der Waals surface area contributed by atoms with Gasteiger partial charge in [0.05, 0.1) is 12.0 Å². The Kier molecular flexibility index (Phi) is 3.98. The average Bonchev–Trinajstić information content (AvgIpc) is 2.72. The minimum atomic E-state index is -0.322. The Balaban J connectivity index is 1.96. The number of halogens is 2. The molecule has 0 radical (unpaired) electrons. The largest absolute Gasteiger partial charge is 0.309 e. The third kappa shape index (κ3) is 3.18. The Hall–Kier alpha value is -1.11. The molecule has 1 aliphatic carbocycles. The van der Waals surface area contributed by atoms with E-state index in [1.54, 1.807) is 6.07 Å². The molecule has 0 aromatic heterocycles. The Morgan fingerprint density at radius 1 is 1.41 bits per heavy atom. The van der Waals surface area contributed by atoms with E-state index in [1.165, 1.54) is 12.1 Å². The average molecular weight is 253 g/mol. The molecule has 2 atom stereocenters. The third-order valence-corrected chi connectivity index (χ3v) is 3.39. The molecular formula is C13H14ClFN2. The van der Waals surface area contributed by atoms with Crippen LogP contribution in [0.5, 0.6) is 0 Å². The molecule has 0 aliphatic heterocycles. The lowest BCUT2D eigenvalue weighted by molar-refractivity contribution is 0.464. The molecule has 0 heterocycles. The van der Waals surface area contributed by atoms with Crippen LogP contribution < -0.4 is 5.32 Å². The van der Waals surface area contributed by atoms with E-state index in [1.807, 2.05) is 0 Å². The van der Waals surface area contributed by atoms with Crippen molar-refractivity contribution < 1.29 is 4.39 Å². The van der Waals surface area contributed by atoms with E-state index in [0.29, 0.717) is 11.6 Å². The summed E-state index contributed by atoms with van der Waals surface area (Å²) >= 11 is 5.78. The highest BCUT2D eigenvalue weighted by Gasteiger charge is 2.26. The van der Waals surface area contributed by atoms with Gasteiger partial charge >= 0.3 is 0 Å². The van der Waals surface area contributed by atoms with Crippen LogP contribution in [0.3, 0.4) is 0 Å². The van der Waals surface area contributed by atoms with Crippen molar-refractivity contribution in [2.45, 2.75) is 31.8 Å². The molecule has 4 heteroatoms. The third-order valence-electron chi connectivity index (χ3n) is 3.17. The molecule has 90 valence electrons. The highest BCUT2D eigenvalue weighted by atomic mass is 35.5. The maximum absolute atomic E-state index is 13.1. The van der Waals surface area contributed by atoms with Gasteiger partial charge in [-0.25, -0.2) is 4.39 Å². The van der Waals surface area contributed by atoms with Gasteiger partial charge in [0, 0.05) is 17.6 Å². The first-order valence-electron chi connectivity index (χ1n) is 5.77. The van der Waals surface area contributed by atoms with Gasteiger partial charge in [-0.15, -0.1) is 0 Å². The zero-order valence-electron chi connectivity index (χ0n) is 9.42. The fourth-order valence-corrected chi connectivity index (χ4v) is 2.57. The van der Waals surface area contributed by atoms with Crippen molar-refractivity contribution in [3.05, 3.63) is 34.6 Å². The molecule has 1 aromatic rings. The summed E-state index contributed by atoms with van der Waals surface area (Å²) in [6, 6.07) is 7.04. The first kappa shape index (κ1) is 12.3. The molecule has 2 nitrogen and oxygen atoms in total. The van der Waals surface area contributed by atoms with Crippen LogP contribution in [-0.2, 0) is 6.54 Å². The van der Waals surface area contributed by atoms with E-state index in [2.05, 4.69) is 11.4 Å². The van der Waals surface area contributed by atoms with Gasteiger partial charge < -0.3 is 5.32 Å². The first-order valence-corrected chi connectivity index (χ1v) is 6.15. The Bertz CT molecular complexity index is 421. The van der Waals surface area contributed by atoms with Gasteiger partial charge in [-0.3, -0.25) is 0 Å². The fourth-order valence-electron chi connectivity index (χ4n) is 2.32. The van der Waals surface area contributed by atoms with Crippen LogP contribution in [0.4, 0.5) is 4.39 Å². The summed E-state index contributed by atoms with van der Waals surface area (Å²) in [4.78, 5) is 0. The standard InChI is InChI=1S/C13H14ClFN2/c14-11-4-9(5-12(15)6-11)8-17-13-3-1-2-10(13)7-16/h4-6,10,13,17H,1-3,8H2. The van der Waals surface area contributed by atoms with E-state index >= 15 is 0 Å². The molecule has 1 fully saturated rings. The van der Waals surface area contributed by atoms with Gasteiger partial charge in [0.25, 0.3) is 0 Å². The number of rotatable bonds is 3. The summed E-state index contributed by atoms with van der Waals surface area (Å²) in [6.07, 6.45) is 3.05. The second-order valence-electron chi connectivity index (χ2n) is 4.43. The van der Waals surface area contributed by atoms with Crippen molar-refractivity contribution >= 4 is 11.6 Å². The Labute approximate surface area is 105 Å². The monoisotopic (exact) mass is 252 g/mol. The first-order chi connectivity index (χ1) is 8.19. The quantitative estimate of drug-likeness (QED) is 0.896. The van der Waals surface area contributed by atoms with Gasteiger partial charge in [-0.1, -0.05) is 18.0 Å². The molecule has 0 bridgehead atoms. The Morgan fingerprint density at radius 2 is 2.24 bits per heavy atom. The normalized spacial score (nSPS) is 23.6. The maximum atomic E-state index is 13.1. The highest BCUT2D eigenvalue weighted by Crippen LogP contribution is 2.25.